The van der Waals surface area contributed by atoms with Crippen molar-refractivity contribution in [1.29, 1.82) is 0 Å². The Labute approximate surface area is 148 Å². The Morgan fingerprint density at radius 3 is 2.88 bits per heavy atom. The van der Waals surface area contributed by atoms with E-state index in [0.717, 1.165) is 37.3 Å². The van der Waals surface area contributed by atoms with E-state index < -0.39 is 0 Å². The number of para-hydroxylation sites is 1. The van der Waals surface area contributed by atoms with Crippen LogP contribution in [0.4, 0.5) is 5.69 Å². The average molecular weight is 333 g/mol. The predicted octanol–water partition coefficient (Wildman–Crippen LogP) is 3.15. The molecule has 0 saturated heterocycles. The highest BCUT2D eigenvalue weighted by molar-refractivity contribution is 5.97. The molecule has 2 aliphatic rings. The summed E-state index contributed by atoms with van der Waals surface area (Å²) in [6, 6.07) is 14.5. The van der Waals surface area contributed by atoms with Gasteiger partial charge in [-0.25, -0.2) is 0 Å². The Hall–Kier alpha value is -2.46. The number of carbonyl (C=O) groups excluding carboxylic acids is 1. The van der Waals surface area contributed by atoms with Crippen LogP contribution in [0.25, 0.3) is 5.57 Å². The Kier molecular flexibility index (Phi) is 4.36. The third-order valence-electron chi connectivity index (χ3n) is 5.06. The van der Waals surface area contributed by atoms with Crippen LogP contribution in [0.2, 0.25) is 0 Å². The zero-order valence-corrected chi connectivity index (χ0v) is 14.6. The number of benzene rings is 1. The fraction of sp³-hybridized carbons (Fsp3) is 0.333. The van der Waals surface area contributed by atoms with Crippen LogP contribution in [0.5, 0.6) is 0 Å². The summed E-state index contributed by atoms with van der Waals surface area (Å²) in [5.41, 5.74) is 4.59. The molecule has 4 rings (SSSR count). The summed E-state index contributed by atoms with van der Waals surface area (Å²) in [4.78, 5) is 21.6. The minimum atomic E-state index is 0.194. The molecule has 2 aliphatic heterocycles. The molecule has 0 N–H and O–H groups in total. The van der Waals surface area contributed by atoms with Gasteiger partial charge in [-0.3, -0.25) is 14.7 Å². The monoisotopic (exact) mass is 333 g/mol. The van der Waals surface area contributed by atoms with Gasteiger partial charge in [0, 0.05) is 31.0 Å². The molecule has 4 nitrogen and oxygen atoms in total. The van der Waals surface area contributed by atoms with Gasteiger partial charge in [-0.15, -0.1) is 0 Å². The highest BCUT2D eigenvalue weighted by Crippen LogP contribution is 2.32. The van der Waals surface area contributed by atoms with E-state index >= 15 is 0 Å². The van der Waals surface area contributed by atoms with Crippen molar-refractivity contribution in [2.45, 2.75) is 25.8 Å². The van der Waals surface area contributed by atoms with Crippen LogP contribution in [0, 0.1) is 0 Å². The molecule has 0 fully saturated rings. The number of amides is 1. The molecular formula is C21H23N3O. The van der Waals surface area contributed by atoms with Crippen molar-refractivity contribution < 1.29 is 4.79 Å². The van der Waals surface area contributed by atoms with E-state index in [4.69, 9.17) is 0 Å². The van der Waals surface area contributed by atoms with Gasteiger partial charge in [0.15, 0.2) is 0 Å². The molecule has 4 heteroatoms. The average Bonchev–Trinajstić information content (AvgIpc) is 2.98. The first-order valence-corrected chi connectivity index (χ1v) is 8.95. The molecule has 1 aromatic carbocycles. The lowest BCUT2D eigenvalue weighted by Gasteiger charge is -2.30. The van der Waals surface area contributed by atoms with Crippen molar-refractivity contribution in [3.05, 3.63) is 66.0 Å². The summed E-state index contributed by atoms with van der Waals surface area (Å²) in [7, 11) is 0. The second-order valence-corrected chi connectivity index (χ2v) is 6.89. The summed E-state index contributed by atoms with van der Waals surface area (Å²) in [5.74, 6) is 0.194. The molecule has 0 saturated carbocycles. The summed E-state index contributed by atoms with van der Waals surface area (Å²) >= 11 is 0. The molecule has 2 aromatic rings. The number of fused-ring (bicyclic) bond motifs is 1. The minimum Gasteiger partial charge on any atom is -0.308 e. The largest absolute Gasteiger partial charge is 0.308 e. The highest BCUT2D eigenvalue weighted by Gasteiger charge is 2.31. The molecule has 0 bridgehead atoms. The smallest absolute Gasteiger partial charge is 0.241 e. The Balaban J connectivity index is 1.46. The van der Waals surface area contributed by atoms with Crippen LogP contribution >= 0.6 is 0 Å². The molecule has 25 heavy (non-hydrogen) atoms. The van der Waals surface area contributed by atoms with Gasteiger partial charge in [-0.1, -0.05) is 30.3 Å². The molecular weight excluding hydrogens is 310 g/mol. The second-order valence-electron chi connectivity index (χ2n) is 6.89. The van der Waals surface area contributed by atoms with Crippen molar-refractivity contribution in [3.8, 4) is 0 Å². The van der Waals surface area contributed by atoms with E-state index in [0.29, 0.717) is 6.54 Å². The topological polar surface area (TPSA) is 36.4 Å². The van der Waals surface area contributed by atoms with E-state index in [-0.39, 0.29) is 11.9 Å². The normalized spacial score (nSPS) is 20.3. The van der Waals surface area contributed by atoms with Gasteiger partial charge in [-0.05, 0) is 49.1 Å². The van der Waals surface area contributed by atoms with Gasteiger partial charge in [0.2, 0.25) is 5.91 Å². The van der Waals surface area contributed by atoms with Crippen LogP contribution in [0.1, 0.15) is 24.6 Å². The number of hydrogen-bond acceptors (Lipinski definition) is 3. The van der Waals surface area contributed by atoms with Crippen LogP contribution in [0.15, 0.2) is 54.7 Å². The van der Waals surface area contributed by atoms with E-state index in [1.807, 2.05) is 41.4 Å². The maximum atomic E-state index is 13.0. The summed E-state index contributed by atoms with van der Waals surface area (Å²) in [5, 5.41) is 0. The van der Waals surface area contributed by atoms with Crippen molar-refractivity contribution in [2.24, 2.45) is 0 Å². The lowest BCUT2D eigenvalue weighted by atomic mass is 10.1. The van der Waals surface area contributed by atoms with Crippen molar-refractivity contribution in [3.63, 3.8) is 0 Å². The molecule has 1 amide bonds. The predicted molar refractivity (Wildman–Crippen MR) is 100 cm³/mol. The SMILES string of the molecule is CC1Cc2ccccc2N1C(=O)CN1CCC=C(c2ccccn2)C1. The third-order valence-corrected chi connectivity index (χ3v) is 5.06. The van der Waals surface area contributed by atoms with Crippen LogP contribution in [-0.4, -0.2) is 41.5 Å². The van der Waals surface area contributed by atoms with Gasteiger partial charge in [-0.2, -0.15) is 0 Å². The van der Waals surface area contributed by atoms with Gasteiger partial charge in [0.05, 0.1) is 12.2 Å². The standard InChI is InChI=1S/C21H23N3O/c1-16-13-17-7-2-3-10-20(17)24(16)21(25)15-23-12-6-8-18(14-23)19-9-4-5-11-22-19/h2-5,7-11,16H,6,12-15H2,1H3. The van der Waals surface area contributed by atoms with E-state index in [2.05, 4.69) is 35.0 Å². The number of rotatable bonds is 3. The molecule has 0 spiro atoms. The van der Waals surface area contributed by atoms with Gasteiger partial charge in [0.1, 0.15) is 0 Å². The fourth-order valence-corrected chi connectivity index (χ4v) is 3.89. The first-order valence-electron chi connectivity index (χ1n) is 8.95. The molecule has 0 radical (unpaired) electrons. The molecule has 1 aromatic heterocycles. The summed E-state index contributed by atoms with van der Waals surface area (Å²) < 4.78 is 0. The van der Waals surface area contributed by atoms with E-state index in [1.54, 1.807) is 0 Å². The third kappa shape index (κ3) is 3.22. The molecule has 1 unspecified atom stereocenters. The minimum absolute atomic E-state index is 0.194. The fourth-order valence-electron chi connectivity index (χ4n) is 3.89. The van der Waals surface area contributed by atoms with E-state index in [1.165, 1.54) is 11.1 Å². The number of hydrogen-bond donors (Lipinski definition) is 0. The molecule has 3 heterocycles. The van der Waals surface area contributed by atoms with Crippen LogP contribution < -0.4 is 4.90 Å². The number of anilines is 1. The highest BCUT2D eigenvalue weighted by atomic mass is 16.2. The zero-order chi connectivity index (χ0) is 17.2. The summed E-state index contributed by atoms with van der Waals surface area (Å²) in [6.45, 7) is 4.30. The number of nitrogens with zero attached hydrogens (tertiary/aromatic N) is 3. The maximum Gasteiger partial charge on any atom is 0.241 e. The maximum absolute atomic E-state index is 13.0. The molecule has 128 valence electrons. The van der Waals surface area contributed by atoms with E-state index in [9.17, 15) is 4.79 Å². The van der Waals surface area contributed by atoms with Gasteiger partial charge < -0.3 is 4.90 Å². The first-order chi connectivity index (χ1) is 12.2. The number of pyridine rings is 1. The molecule has 0 aliphatic carbocycles. The van der Waals surface area contributed by atoms with Gasteiger partial charge in [0.25, 0.3) is 0 Å². The lowest BCUT2D eigenvalue weighted by molar-refractivity contribution is -0.119. The van der Waals surface area contributed by atoms with Crippen LogP contribution in [-0.2, 0) is 11.2 Å². The van der Waals surface area contributed by atoms with Crippen LogP contribution in [0.3, 0.4) is 0 Å². The Morgan fingerprint density at radius 2 is 2.04 bits per heavy atom. The van der Waals surface area contributed by atoms with Crippen molar-refractivity contribution in [2.75, 3.05) is 24.5 Å². The van der Waals surface area contributed by atoms with Crippen molar-refractivity contribution >= 4 is 17.2 Å². The van der Waals surface area contributed by atoms with Gasteiger partial charge >= 0.3 is 0 Å². The molecule has 1 atom stereocenters. The quantitative estimate of drug-likeness (QED) is 0.866. The zero-order valence-electron chi connectivity index (χ0n) is 14.6. The Bertz CT molecular complexity index is 800. The number of aromatic nitrogens is 1. The lowest BCUT2D eigenvalue weighted by Crippen LogP contribution is -2.44. The number of carbonyl (C=O) groups is 1. The first kappa shape index (κ1) is 16.0. The second kappa shape index (κ2) is 6.81. The Morgan fingerprint density at radius 1 is 1.20 bits per heavy atom. The van der Waals surface area contributed by atoms with Crippen molar-refractivity contribution in [1.82, 2.24) is 9.88 Å². The summed E-state index contributed by atoms with van der Waals surface area (Å²) in [6.07, 6.45) is 5.98.